The van der Waals surface area contributed by atoms with Crippen molar-refractivity contribution in [3.63, 3.8) is 0 Å². The maximum atomic E-state index is 12.3. The van der Waals surface area contributed by atoms with E-state index in [9.17, 15) is 4.79 Å². The minimum Gasteiger partial charge on any atom is -0.448 e. The van der Waals surface area contributed by atoms with E-state index in [1.807, 2.05) is 18.2 Å². The van der Waals surface area contributed by atoms with Crippen LogP contribution in [0.4, 0.5) is 10.8 Å². The highest BCUT2D eigenvalue weighted by Crippen LogP contribution is 2.47. The Hall–Kier alpha value is -2.00. The molecule has 1 aliphatic carbocycles. The van der Waals surface area contributed by atoms with Crippen LogP contribution in [0.25, 0.3) is 0 Å². The van der Waals surface area contributed by atoms with Crippen LogP contribution in [0.5, 0.6) is 11.5 Å². The SMILES string of the molecule is CC(C)CNc1nnc(SCC(=O)Nc2ccc3c(c2)OC2(CCCC2)O3)s1. The van der Waals surface area contributed by atoms with Gasteiger partial charge in [-0.3, -0.25) is 4.79 Å². The summed E-state index contributed by atoms with van der Waals surface area (Å²) in [5, 5.41) is 15.2. The number of hydrogen-bond acceptors (Lipinski definition) is 8. The van der Waals surface area contributed by atoms with Gasteiger partial charge in [0.05, 0.1) is 5.75 Å². The van der Waals surface area contributed by atoms with Crippen molar-refractivity contribution in [3.05, 3.63) is 18.2 Å². The van der Waals surface area contributed by atoms with E-state index in [0.717, 1.165) is 47.4 Å². The molecule has 4 rings (SSSR count). The highest BCUT2D eigenvalue weighted by molar-refractivity contribution is 8.01. The Morgan fingerprint density at radius 3 is 2.82 bits per heavy atom. The fourth-order valence-electron chi connectivity index (χ4n) is 3.24. The number of thioether (sulfide) groups is 1. The van der Waals surface area contributed by atoms with Gasteiger partial charge in [-0.25, -0.2) is 0 Å². The number of nitrogens with one attached hydrogen (secondary N) is 2. The molecule has 150 valence electrons. The summed E-state index contributed by atoms with van der Waals surface area (Å²) < 4.78 is 12.8. The molecule has 0 radical (unpaired) electrons. The molecule has 2 N–H and O–H groups in total. The van der Waals surface area contributed by atoms with Crippen LogP contribution in [0.3, 0.4) is 0 Å². The average Bonchev–Trinajstić information content (AvgIpc) is 3.38. The molecule has 0 atom stereocenters. The van der Waals surface area contributed by atoms with Gasteiger partial charge in [-0.2, -0.15) is 0 Å². The van der Waals surface area contributed by atoms with Gasteiger partial charge >= 0.3 is 0 Å². The Bertz CT molecular complexity index is 849. The smallest absolute Gasteiger partial charge is 0.251 e. The van der Waals surface area contributed by atoms with E-state index in [4.69, 9.17) is 9.47 Å². The molecular formula is C19H24N4O3S2. The summed E-state index contributed by atoms with van der Waals surface area (Å²) in [5.41, 5.74) is 0.708. The zero-order valence-corrected chi connectivity index (χ0v) is 17.6. The summed E-state index contributed by atoms with van der Waals surface area (Å²) in [4.78, 5) is 12.3. The molecule has 7 nitrogen and oxygen atoms in total. The van der Waals surface area contributed by atoms with Crippen molar-refractivity contribution in [3.8, 4) is 11.5 Å². The number of aromatic nitrogens is 2. The summed E-state index contributed by atoms with van der Waals surface area (Å²) in [6.45, 7) is 5.13. The van der Waals surface area contributed by atoms with Crippen LogP contribution in [0.15, 0.2) is 22.5 Å². The second kappa shape index (κ2) is 8.16. The second-order valence-electron chi connectivity index (χ2n) is 7.47. The molecule has 9 heteroatoms. The van der Waals surface area contributed by atoms with E-state index in [-0.39, 0.29) is 11.7 Å². The second-order valence-corrected chi connectivity index (χ2v) is 9.67. The fourth-order valence-corrected chi connectivity index (χ4v) is 4.80. The zero-order valence-electron chi connectivity index (χ0n) is 16.0. The van der Waals surface area contributed by atoms with E-state index in [2.05, 4.69) is 34.7 Å². The maximum absolute atomic E-state index is 12.3. The lowest BCUT2D eigenvalue weighted by Crippen LogP contribution is -2.34. The zero-order chi connectivity index (χ0) is 19.6. The van der Waals surface area contributed by atoms with E-state index in [0.29, 0.717) is 17.4 Å². The molecule has 1 aromatic carbocycles. The number of amides is 1. The van der Waals surface area contributed by atoms with Crippen LogP contribution < -0.4 is 20.1 Å². The van der Waals surface area contributed by atoms with Crippen LogP contribution >= 0.6 is 23.1 Å². The number of nitrogens with zero attached hydrogens (tertiary/aromatic N) is 2. The first-order valence-corrected chi connectivity index (χ1v) is 11.3. The predicted octanol–water partition coefficient (Wildman–Crippen LogP) is 4.38. The molecule has 0 unspecified atom stereocenters. The van der Waals surface area contributed by atoms with Crippen LogP contribution in [0.2, 0.25) is 0 Å². The Morgan fingerprint density at radius 2 is 2.04 bits per heavy atom. The molecular weight excluding hydrogens is 396 g/mol. The molecule has 1 spiro atoms. The topological polar surface area (TPSA) is 85.4 Å². The first-order chi connectivity index (χ1) is 13.5. The minimum absolute atomic E-state index is 0.0914. The molecule has 2 aromatic rings. The molecule has 1 aromatic heterocycles. The van der Waals surface area contributed by atoms with Crippen LogP contribution in [0, 0.1) is 5.92 Å². The third-order valence-corrected chi connectivity index (χ3v) is 6.59. The van der Waals surface area contributed by atoms with Crippen LogP contribution in [-0.4, -0.2) is 34.2 Å². The van der Waals surface area contributed by atoms with E-state index < -0.39 is 5.79 Å². The number of fused-ring (bicyclic) bond motifs is 1. The molecule has 28 heavy (non-hydrogen) atoms. The molecule has 0 bridgehead atoms. The van der Waals surface area contributed by atoms with Gasteiger partial charge in [0.15, 0.2) is 15.8 Å². The summed E-state index contributed by atoms with van der Waals surface area (Å²) in [6, 6.07) is 5.55. The van der Waals surface area contributed by atoms with Gasteiger partial charge in [0.1, 0.15) is 0 Å². The van der Waals surface area contributed by atoms with Crippen LogP contribution in [0.1, 0.15) is 39.5 Å². The molecule has 0 saturated heterocycles. The highest BCUT2D eigenvalue weighted by Gasteiger charge is 2.44. The van der Waals surface area contributed by atoms with Crippen LogP contribution in [-0.2, 0) is 4.79 Å². The number of hydrogen-bond donors (Lipinski definition) is 2. The minimum atomic E-state index is -0.486. The Kier molecular flexibility index (Phi) is 5.63. The Labute approximate surface area is 172 Å². The van der Waals surface area contributed by atoms with Crippen molar-refractivity contribution in [1.82, 2.24) is 10.2 Å². The third-order valence-electron chi connectivity index (χ3n) is 4.58. The summed E-state index contributed by atoms with van der Waals surface area (Å²) >= 11 is 2.84. The lowest BCUT2D eigenvalue weighted by atomic mass is 10.2. The molecule has 1 amide bonds. The Morgan fingerprint density at radius 1 is 1.25 bits per heavy atom. The Balaban J connectivity index is 1.28. The average molecular weight is 421 g/mol. The molecule has 1 saturated carbocycles. The summed E-state index contributed by atoms with van der Waals surface area (Å²) in [6.07, 6.45) is 4.07. The van der Waals surface area contributed by atoms with E-state index >= 15 is 0 Å². The first kappa shape index (κ1) is 19.3. The normalized spacial score (nSPS) is 16.7. The standard InChI is InChI=1S/C19H24N4O3S2/c1-12(2)10-20-17-22-23-18(28-17)27-11-16(24)21-13-5-6-14-15(9-13)26-19(25-14)7-3-4-8-19/h5-6,9,12H,3-4,7-8,10-11H2,1-2H3,(H,20,22)(H,21,24). The maximum Gasteiger partial charge on any atom is 0.251 e. The molecule has 2 aliphatic rings. The number of carbonyl (C=O) groups excluding carboxylic acids is 1. The van der Waals surface area contributed by atoms with Crippen molar-refractivity contribution >= 4 is 39.8 Å². The number of anilines is 2. The van der Waals surface area contributed by atoms with Gasteiger partial charge in [-0.05, 0) is 30.9 Å². The monoisotopic (exact) mass is 420 g/mol. The van der Waals surface area contributed by atoms with E-state index in [1.165, 1.54) is 23.1 Å². The van der Waals surface area contributed by atoms with Crippen molar-refractivity contribution in [2.45, 2.75) is 49.7 Å². The largest absolute Gasteiger partial charge is 0.448 e. The van der Waals surface area contributed by atoms with Gasteiger partial charge in [0.25, 0.3) is 5.79 Å². The number of carbonyl (C=O) groups is 1. The number of benzene rings is 1. The van der Waals surface area contributed by atoms with Gasteiger partial charge in [0, 0.05) is 31.1 Å². The summed E-state index contributed by atoms with van der Waals surface area (Å²) in [7, 11) is 0. The van der Waals surface area contributed by atoms with Crippen molar-refractivity contribution in [2.75, 3.05) is 22.9 Å². The fraction of sp³-hybridized carbons (Fsp3) is 0.526. The lowest BCUT2D eigenvalue weighted by molar-refractivity contribution is -0.113. The van der Waals surface area contributed by atoms with Crippen molar-refractivity contribution < 1.29 is 14.3 Å². The lowest BCUT2D eigenvalue weighted by Gasteiger charge is -2.21. The van der Waals surface area contributed by atoms with Gasteiger partial charge in [-0.15, -0.1) is 10.2 Å². The number of ether oxygens (including phenoxy) is 2. The van der Waals surface area contributed by atoms with Gasteiger partial charge in [0.2, 0.25) is 11.0 Å². The predicted molar refractivity (Wildman–Crippen MR) is 111 cm³/mol. The quantitative estimate of drug-likeness (QED) is 0.643. The van der Waals surface area contributed by atoms with Gasteiger partial charge < -0.3 is 20.1 Å². The van der Waals surface area contributed by atoms with E-state index in [1.54, 1.807) is 0 Å². The first-order valence-electron chi connectivity index (χ1n) is 9.53. The molecule has 2 heterocycles. The van der Waals surface area contributed by atoms with Gasteiger partial charge in [-0.1, -0.05) is 36.9 Å². The van der Waals surface area contributed by atoms with Crippen molar-refractivity contribution in [1.29, 1.82) is 0 Å². The summed E-state index contributed by atoms with van der Waals surface area (Å²) in [5.74, 6) is 1.70. The molecule has 1 aliphatic heterocycles. The van der Waals surface area contributed by atoms with Crippen molar-refractivity contribution in [2.24, 2.45) is 5.92 Å². The molecule has 1 fully saturated rings. The highest BCUT2D eigenvalue weighted by atomic mass is 32.2. The number of rotatable bonds is 7. The third kappa shape index (κ3) is 4.52.